The monoisotopic (exact) mass is 376 g/mol. The van der Waals surface area contributed by atoms with Crippen molar-refractivity contribution in [1.82, 2.24) is 0 Å². The van der Waals surface area contributed by atoms with Crippen LogP contribution in [0.4, 0.5) is 0 Å². The molecule has 8 atom stereocenters. The number of esters is 1. The Kier molecular flexibility index (Phi) is 3.91. The van der Waals surface area contributed by atoms with Crippen LogP contribution in [0.3, 0.4) is 0 Å². The van der Waals surface area contributed by atoms with Crippen molar-refractivity contribution in [3.63, 3.8) is 0 Å². The molecule has 1 saturated heterocycles. The van der Waals surface area contributed by atoms with Crippen LogP contribution in [0.25, 0.3) is 0 Å². The van der Waals surface area contributed by atoms with Crippen LogP contribution in [0, 0.1) is 34.5 Å². The maximum atomic E-state index is 13.6. The van der Waals surface area contributed by atoms with Crippen molar-refractivity contribution in [1.29, 1.82) is 0 Å². The molecule has 1 N–H and O–H groups in total. The van der Waals surface area contributed by atoms with E-state index < -0.39 is 29.0 Å². The summed E-state index contributed by atoms with van der Waals surface area (Å²) >= 11 is 0. The molecule has 148 valence electrons. The number of hydrogen-bond acceptors (Lipinski definition) is 6. The molecule has 0 aromatic carbocycles. The number of carbonyl (C=O) groups is 3. The van der Waals surface area contributed by atoms with E-state index >= 15 is 0 Å². The van der Waals surface area contributed by atoms with E-state index in [2.05, 4.69) is 0 Å². The zero-order valence-corrected chi connectivity index (χ0v) is 16.6. The number of aliphatic hydroxyl groups is 1. The van der Waals surface area contributed by atoms with E-state index in [4.69, 9.17) is 9.47 Å². The Morgan fingerprint density at radius 3 is 2.48 bits per heavy atom. The fraction of sp³-hybridized carbons (Fsp3) is 0.762. The number of allylic oxidation sites excluding steroid dienone is 2. The number of ether oxygens (including phenoxy) is 2. The molecule has 1 aliphatic heterocycles. The van der Waals surface area contributed by atoms with Crippen LogP contribution in [0.15, 0.2) is 11.3 Å². The van der Waals surface area contributed by atoms with E-state index in [-0.39, 0.29) is 47.5 Å². The summed E-state index contributed by atoms with van der Waals surface area (Å²) in [6, 6.07) is 0. The Bertz CT molecular complexity index is 769. The Labute approximate surface area is 159 Å². The largest absolute Gasteiger partial charge is 0.493 e. The molecule has 0 radical (unpaired) electrons. The molecule has 1 heterocycles. The molecule has 0 aromatic rings. The number of ketones is 2. The summed E-state index contributed by atoms with van der Waals surface area (Å²) in [6.45, 7) is 7.67. The van der Waals surface area contributed by atoms with Crippen LogP contribution >= 0.6 is 0 Å². The third-order valence-electron chi connectivity index (χ3n) is 8.24. The van der Waals surface area contributed by atoms with Gasteiger partial charge in [0.1, 0.15) is 12.2 Å². The smallest absolute Gasteiger partial charge is 0.306 e. The number of aliphatic hydroxyl groups excluding tert-OH is 1. The number of methoxy groups -OCH3 is 1. The van der Waals surface area contributed by atoms with Crippen LogP contribution in [0.1, 0.15) is 47.0 Å². The first-order valence-electron chi connectivity index (χ1n) is 9.79. The van der Waals surface area contributed by atoms with E-state index in [0.717, 1.165) is 5.57 Å². The second-order valence-electron chi connectivity index (χ2n) is 9.33. The van der Waals surface area contributed by atoms with Gasteiger partial charge in [-0.25, -0.2) is 0 Å². The lowest BCUT2D eigenvalue weighted by Crippen LogP contribution is -2.70. The van der Waals surface area contributed by atoms with Crippen molar-refractivity contribution in [3.8, 4) is 0 Å². The Morgan fingerprint density at radius 2 is 1.85 bits per heavy atom. The van der Waals surface area contributed by atoms with Crippen molar-refractivity contribution in [2.75, 3.05) is 7.11 Å². The molecular weight excluding hydrogens is 348 g/mol. The highest BCUT2D eigenvalue weighted by Gasteiger charge is 2.72. The zero-order valence-electron chi connectivity index (χ0n) is 16.6. The molecule has 6 heteroatoms. The number of fused-ring (bicyclic) bond motifs is 2. The maximum absolute atomic E-state index is 13.6. The van der Waals surface area contributed by atoms with Gasteiger partial charge in [0.15, 0.2) is 11.5 Å². The lowest BCUT2D eigenvalue weighted by Gasteiger charge is -2.65. The molecular formula is C21H28O6. The quantitative estimate of drug-likeness (QED) is 0.705. The van der Waals surface area contributed by atoms with E-state index in [1.54, 1.807) is 0 Å². The van der Waals surface area contributed by atoms with Crippen molar-refractivity contribution in [3.05, 3.63) is 11.3 Å². The second kappa shape index (κ2) is 5.66. The summed E-state index contributed by atoms with van der Waals surface area (Å²) < 4.78 is 11.2. The number of carbonyl (C=O) groups excluding carboxylic acids is 3. The molecule has 0 bridgehead atoms. The molecule has 4 aliphatic rings. The van der Waals surface area contributed by atoms with Crippen molar-refractivity contribution in [2.45, 2.75) is 59.2 Å². The topological polar surface area (TPSA) is 89.9 Å². The van der Waals surface area contributed by atoms with Gasteiger partial charge in [-0.1, -0.05) is 20.8 Å². The fourth-order valence-corrected chi connectivity index (χ4v) is 7.02. The third-order valence-corrected chi connectivity index (χ3v) is 8.24. The first-order valence-corrected chi connectivity index (χ1v) is 9.79. The lowest BCUT2D eigenvalue weighted by atomic mass is 9.39. The van der Waals surface area contributed by atoms with Gasteiger partial charge in [0.05, 0.1) is 13.5 Å². The molecule has 6 nitrogen and oxygen atoms in total. The average Bonchev–Trinajstić information content (AvgIpc) is 2.58. The summed E-state index contributed by atoms with van der Waals surface area (Å²) in [6.07, 6.45) is -0.352. The summed E-state index contributed by atoms with van der Waals surface area (Å²) in [7, 11) is 1.46. The molecule has 4 rings (SSSR count). The second-order valence-corrected chi connectivity index (χ2v) is 9.33. The third kappa shape index (κ3) is 2.08. The Morgan fingerprint density at radius 1 is 1.19 bits per heavy atom. The van der Waals surface area contributed by atoms with Gasteiger partial charge in [-0.15, -0.1) is 0 Å². The minimum atomic E-state index is -1.06. The van der Waals surface area contributed by atoms with Crippen molar-refractivity contribution >= 4 is 17.5 Å². The van der Waals surface area contributed by atoms with Crippen LogP contribution in [0.2, 0.25) is 0 Å². The van der Waals surface area contributed by atoms with Crippen molar-refractivity contribution in [2.24, 2.45) is 34.5 Å². The number of rotatable bonds is 1. The molecule has 0 unspecified atom stereocenters. The summed E-state index contributed by atoms with van der Waals surface area (Å²) in [4.78, 5) is 39.2. The van der Waals surface area contributed by atoms with E-state index in [9.17, 15) is 19.5 Å². The fourth-order valence-electron chi connectivity index (χ4n) is 7.02. The van der Waals surface area contributed by atoms with Gasteiger partial charge >= 0.3 is 5.97 Å². The molecule has 0 spiro atoms. The number of hydrogen-bond donors (Lipinski definition) is 1. The Balaban J connectivity index is 1.97. The zero-order chi connectivity index (χ0) is 19.9. The molecule has 27 heavy (non-hydrogen) atoms. The van der Waals surface area contributed by atoms with Crippen molar-refractivity contribution < 1.29 is 29.0 Å². The number of Topliss-reactive ketones (excluding diaryl/α,β-unsaturated/α-hetero) is 2. The van der Waals surface area contributed by atoms with Gasteiger partial charge in [0.25, 0.3) is 0 Å². The van der Waals surface area contributed by atoms with Crippen LogP contribution in [-0.4, -0.2) is 42.0 Å². The van der Waals surface area contributed by atoms with E-state index in [1.807, 2.05) is 27.7 Å². The SMILES string of the molecule is COC1=C(C)[C@@H]2CC(=O)O[C@@H]3C[C@H]4[C@H](C)C[C@H](O)C(=O)[C@]4(C)[C@@H](C1=O)[C@@]32C. The highest BCUT2D eigenvalue weighted by atomic mass is 16.5. The standard InChI is InChI=1S/C21H28O6/c1-9-6-13(22)19(25)21(4)11(9)7-14-20(3)12(8-15(23)27-14)10(2)17(26-5)16(24)18(20)21/h9,11-14,18,22H,6-8H2,1-5H3/t9-,11+,12+,13+,14-,18+,20-,21+/m1/s1. The minimum Gasteiger partial charge on any atom is -0.493 e. The highest BCUT2D eigenvalue weighted by molar-refractivity contribution is 6.04. The predicted octanol–water partition coefficient (Wildman–Crippen LogP) is 2.04. The Hall–Kier alpha value is -1.69. The van der Waals surface area contributed by atoms with Crippen LogP contribution in [-0.2, 0) is 23.9 Å². The first-order chi connectivity index (χ1) is 12.6. The van der Waals surface area contributed by atoms with E-state index in [1.165, 1.54) is 7.11 Å². The van der Waals surface area contributed by atoms with Crippen LogP contribution in [0.5, 0.6) is 0 Å². The average molecular weight is 376 g/mol. The minimum absolute atomic E-state index is 0.0529. The molecule has 3 fully saturated rings. The summed E-state index contributed by atoms with van der Waals surface area (Å²) in [5.41, 5.74) is -0.900. The molecule has 2 saturated carbocycles. The van der Waals surface area contributed by atoms with Gasteiger partial charge in [-0.05, 0) is 37.2 Å². The van der Waals surface area contributed by atoms with Crippen LogP contribution < -0.4 is 0 Å². The normalized spacial score (nSPS) is 49.3. The molecule has 0 aromatic heterocycles. The maximum Gasteiger partial charge on any atom is 0.306 e. The molecule has 0 amide bonds. The summed E-state index contributed by atoms with van der Waals surface area (Å²) in [5.74, 6) is -1.40. The van der Waals surface area contributed by atoms with Gasteiger partial charge in [0.2, 0.25) is 5.78 Å². The highest BCUT2D eigenvalue weighted by Crippen LogP contribution is 2.67. The van der Waals surface area contributed by atoms with Gasteiger partial charge < -0.3 is 14.6 Å². The van der Waals surface area contributed by atoms with Gasteiger partial charge in [-0.2, -0.15) is 0 Å². The van der Waals surface area contributed by atoms with Gasteiger partial charge in [0, 0.05) is 22.7 Å². The van der Waals surface area contributed by atoms with Gasteiger partial charge in [-0.3, -0.25) is 14.4 Å². The summed E-state index contributed by atoms with van der Waals surface area (Å²) in [5, 5.41) is 10.4. The van der Waals surface area contributed by atoms with E-state index in [0.29, 0.717) is 12.8 Å². The predicted molar refractivity (Wildman–Crippen MR) is 95.3 cm³/mol. The molecule has 3 aliphatic carbocycles. The first kappa shape index (κ1) is 18.7. The lowest BCUT2D eigenvalue weighted by molar-refractivity contribution is -0.224.